The Morgan fingerprint density at radius 3 is 2.44 bits per heavy atom. The molecular formula is C25H34N4O5. The molecule has 0 bridgehead atoms. The van der Waals surface area contributed by atoms with E-state index in [1.54, 1.807) is 43.0 Å². The highest BCUT2D eigenvalue weighted by Crippen LogP contribution is 2.40. The number of hydrogen-bond acceptors (Lipinski definition) is 6. The summed E-state index contributed by atoms with van der Waals surface area (Å²) < 4.78 is 5.12. The molecule has 0 saturated carbocycles. The van der Waals surface area contributed by atoms with Crippen molar-refractivity contribution in [2.45, 2.75) is 45.1 Å². The van der Waals surface area contributed by atoms with Crippen LogP contribution in [0.3, 0.4) is 0 Å². The Kier molecular flexibility index (Phi) is 7.09. The zero-order valence-electron chi connectivity index (χ0n) is 20.3. The molecule has 3 aliphatic rings. The molecule has 184 valence electrons. The van der Waals surface area contributed by atoms with E-state index >= 15 is 0 Å². The van der Waals surface area contributed by atoms with Gasteiger partial charge in [-0.05, 0) is 57.2 Å². The highest BCUT2D eigenvalue weighted by atomic mass is 16.5. The Morgan fingerprint density at radius 2 is 1.76 bits per heavy atom. The molecule has 3 heterocycles. The number of esters is 1. The lowest BCUT2D eigenvalue weighted by Crippen LogP contribution is -2.57. The van der Waals surface area contributed by atoms with Gasteiger partial charge in [-0.2, -0.15) is 0 Å². The minimum absolute atomic E-state index is 0.0696. The zero-order valence-corrected chi connectivity index (χ0v) is 20.3. The van der Waals surface area contributed by atoms with Gasteiger partial charge in [-0.3, -0.25) is 24.1 Å². The van der Waals surface area contributed by atoms with Gasteiger partial charge in [-0.1, -0.05) is 0 Å². The summed E-state index contributed by atoms with van der Waals surface area (Å²) in [5.41, 5.74) is 2.00. The normalized spacial score (nSPS) is 20.5. The number of likely N-dealkylation sites (tertiary alicyclic amines) is 1. The van der Waals surface area contributed by atoms with Crippen molar-refractivity contribution in [2.75, 3.05) is 56.7 Å². The van der Waals surface area contributed by atoms with E-state index in [2.05, 4.69) is 4.90 Å². The molecule has 0 aliphatic carbocycles. The highest BCUT2D eigenvalue weighted by molar-refractivity contribution is 6.09. The van der Waals surface area contributed by atoms with E-state index in [0.717, 1.165) is 31.5 Å². The summed E-state index contributed by atoms with van der Waals surface area (Å²) in [4.78, 5) is 58.3. The second kappa shape index (κ2) is 10.0. The minimum Gasteiger partial charge on any atom is -0.466 e. The van der Waals surface area contributed by atoms with Crippen molar-refractivity contribution in [3.63, 3.8) is 0 Å². The van der Waals surface area contributed by atoms with Gasteiger partial charge in [0.05, 0.1) is 23.9 Å². The number of piperidine rings is 2. The van der Waals surface area contributed by atoms with E-state index in [0.29, 0.717) is 43.8 Å². The van der Waals surface area contributed by atoms with Crippen molar-refractivity contribution >= 4 is 35.1 Å². The molecule has 9 heteroatoms. The number of hydrogen-bond donors (Lipinski definition) is 0. The summed E-state index contributed by atoms with van der Waals surface area (Å²) in [5, 5.41) is 0. The SMILES string of the molecule is CCOC(=O)C1CCN(C(=O)CN2C(=O)[C@H]3CCCCN3c3ccc(C(=O)N(C)C)cc32)CC1. The molecule has 9 nitrogen and oxygen atoms in total. The Balaban J connectivity index is 1.55. The Labute approximate surface area is 200 Å². The van der Waals surface area contributed by atoms with Crippen LogP contribution < -0.4 is 9.80 Å². The first-order chi connectivity index (χ1) is 16.3. The molecule has 1 aromatic rings. The van der Waals surface area contributed by atoms with E-state index in [1.165, 1.54) is 4.90 Å². The number of nitrogens with zero attached hydrogens (tertiary/aromatic N) is 4. The molecule has 34 heavy (non-hydrogen) atoms. The van der Waals surface area contributed by atoms with Gasteiger partial charge in [0, 0.05) is 39.3 Å². The lowest BCUT2D eigenvalue weighted by atomic mass is 9.95. The largest absolute Gasteiger partial charge is 0.466 e. The third kappa shape index (κ3) is 4.60. The maximum atomic E-state index is 13.5. The standard InChI is InChI=1S/C25H34N4O5/c1-4-34-25(33)17-10-13-27(14-11-17)22(30)16-29-21-15-18(23(31)26(2)3)8-9-19(21)28-12-6-5-7-20(28)24(29)32/h8-9,15,17,20H,4-7,10-14,16H2,1-3H3/t20-/m1/s1. The summed E-state index contributed by atoms with van der Waals surface area (Å²) in [5.74, 6) is -0.767. The van der Waals surface area contributed by atoms with Gasteiger partial charge in [0.2, 0.25) is 11.8 Å². The van der Waals surface area contributed by atoms with Gasteiger partial charge < -0.3 is 19.4 Å². The third-order valence-corrected chi connectivity index (χ3v) is 7.04. The van der Waals surface area contributed by atoms with Crippen LogP contribution in [-0.2, 0) is 19.1 Å². The fourth-order valence-electron chi connectivity index (χ4n) is 5.17. The number of benzene rings is 1. The van der Waals surface area contributed by atoms with E-state index < -0.39 is 0 Å². The van der Waals surface area contributed by atoms with Gasteiger partial charge in [0.15, 0.2) is 0 Å². The molecule has 4 rings (SSSR count). The molecule has 2 fully saturated rings. The fourth-order valence-corrected chi connectivity index (χ4v) is 5.17. The average Bonchev–Trinajstić information content (AvgIpc) is 2.85. The lowest BCUT2D eigenvalue weighted by molar-refractivity contribution is -0.151. The van der Waals surface area contributed by atoms with Crippen molar-refractivity contribution < 1.29 is 23.9 Å². The van der Waals surface area contributed by atoms with E-state index in [1.807, 2.05) is 6.07 Å². The quantitative estimate of drug-likeness (QED) is 0.611. The number of rotatable bonds is 5. The molecule has 2 saturated heterocycles. The van der Waals surface area contributed by atoms with Gasteiger partial charge in [0.25, 0.3) is 5.91 Å². The number of anilines is 2. The molecule has 3 amide bonds. The molecule has 1 atom stereocenters. The van der Waals surface area contributed by atoms with Crippen molar-refractivity contribution in [3.05, 3.63) is 23.8 Å². The van der Waals surface area contributed by atoms with Crippen LogP contribution in [0.2, 0.25) is 0 Å². The van der Waals surface area contributed by atoms with Crippen LogP contribution in [0, 0.1) is 5.92 Å². The van der Waals surface area contributed by atoms with Crippen LogP contribution in [0.5, 0.6) is 0 Å². The number of carbonyl (C=O) groups is 4. The fraction of sp³-hybridized carbons (Fsp3) is 0.600. The van der Waals surface area contributed by atoms with Crippen molar-refractivity contribution in [3.8, 4) is 0 Å². The topological polar surface area (TPSA) is 90.5 Å². The number of carbonyl (C=O) groups excluding carboxylic acids is 4. The molecule has 0 aromatic heterocycles. The maximum absolute atomic E-state index is 13.5. The van der Waals surface area contributed by atoms with Crippen LogP contribution >= 0.6 is 0 Å². The van der Waals surface area contributed by atoms with Crippen LogP contribution in [0.25, 0.3) is 0 Å². The smallest absolute Gasteiger partial charge is 0.309 e. The zero-order chi connectivity index (χ0) is 24.4. The van der Waals surface area contributed by atoms with Crippen molar-refractivity contribution in [2.24, 2.45) is 5.92 Å². The molecule has 1 aromatic carbocycles. The molecular weight excluding hydrogens is 436 g/mol. The molecule has 3 aliphatic heterocycles. The van der Waals surface area contributed by atoms with Gasteiger partial charge in [-0.25, -0.2) is 0 Å². The first kappa shape index (κ1) is 24.0. The number of fused-ring (bicyclic) bond motifs is 3. The Morgan fingerprint density at radius 1 is 1.03 bits per heavy atom. The van der Waals surface area contributed by atoms with Crippen LogP contribution in [-0.4, -0.2) is 86.4 Å². The van der Waals surface area contributed by atoms with Crippen LogP contribution in [0.15, 0.2) is 18.2 Å². The van der Waals surface area contributed by atoms with Crippen molar-refractivity contribution in [1.29, 1.82) is 0 Å². The van der Waals surface area contributed by atoms with Crippen molar-refractivity contribution in [1.82, 2.24) is 9.80 Å². The lowest BCUT2D eigenvalue weighted by Gasteiger charge is -2.45. The predicted molar refractivity (Wildman–Crippen MR) is 128 cm³/mol. The number of amides is 3. The second-order valence-corrected chi connectivity index (χ2v) is 9.44. The summed E-state index contributed by atoms with van der Waals surface area (Å²) in [6.45, 7) is 3.78. The Bertz CT molecular complexity index is 970. The molecule has 0 unspecified atom stereocenters. The minimum atomic E-state index is -0.279. The third-order valence-electron chi connectivity index (χ3n) is 7.04. The summed E-state index contributed by atoms with van der Waals surface area (Å²) >= 11 is 0. The molecule has 0 N–H and O–H groups in total. The van der Waals surface area contributed by atoms with Crippen LogP contribution in [0.4, 0.5) is 11.4 Å². The first-order valence-electron chi connectivity index (χ1n) is 12.2. The van der Waals surface area contributed by atoms with E-state index in [-0.39, 0.29) is 42.2 Å². The van der Waals surface area contributed by atoms with Gasteiger partial charge in [0.1, 0.15) is 12.6 Å². The first-order valence-corrected chi connectivity index (χ1v) is 12.2. The van der Waals surface area contributed by atoms with Gasteiger partial charge in [-0.15, -0.1) is 0 Å². The molecule has 0 spiro atoms. The second-order valence-electron chi connectivity index (χ2n) is 9.44. The average molecular weight is 471 g/mol. The van der Waals surface area contributed by atoms with E-state index in [9.17, 15) is 19.2 Å². The predicted octanol–water partition coefficient (Wildman–Crippen LogP) is 1.90. The Hall–Kier alpha value is -3.10. The monoisotopic (exact) mass is 470 g/mol. The maximum Gasteiger partial charge on any atom is 0.309 e. The van der Waals surface area contributed by atoms with Gasteiger partial charge >= 0.3 is 5.97 Å². The highest BCUT2D eigenvalue weighted by Gasteiger charge is 2.41. The number of ether oxygens (including phenoxy) is 1. The summed E-state index contributed by atoms with van der Waals surface area (Å²) in [6.07, 6.45) is 3.87. The molecule has 0 radical (unpaired) electrons. The van der Waals surface area contributed by atoms with E-state index in [4.69, 9.17) is 4.74 Å². The van der Waals surface area contributed by atoms with Crippen LogP contribution in [0.1, 0.15) is 49.4 Å². The summed E-state index contributed by atoms with van der Waals surface area (Å²) in [6, 6.07) is 5.15. The summed E-state index contributed by atoms with van der Waals surface area (Å²) in [7, 11) is 3.38.